The Kier molecular flexibility index (Phi) is 6.87. The molecule has 1 N–H and O–H groups in total. The van der Waals surface area contributed by atoms with Gasteiger partial charge < -0.3 is 15.1 Å². The van der Waals surface area contributed by atoms with Crippen molar-refractivity contribution >= 4 is 33.3 Å². The van der Waals surface area contributed by atoms with Gasteiger partial charge in [0.15, 0.2) is 0 Å². The lowest BCUT2D eigenvalue weighted by Crippen LogP contribution is -2.49. The van der Waals surface area contributed by atoms with Crippen LogP contribution in [0.5, 0.6) is 0 Å². The first-order valence-electron chi connectivity index (χ1n) is 13.1. The molecule has 2 aromatic rings. The SMILES string of the molecule is CCC1CNC(=O)[C@H]1c1ccc(C(=O)N2CCN(c3ncc(C)cc3C)CC2)c(N2CCCS2(=O)=O)c1. The lowest BCUT2D eigenvalue weighted by atomic mass is 9.86. The van der Waals surface area contributed by atoms with Gasteiger partial charge in [-0.2, -0.15) is 0 Å². The van der Waals surface area contributed by atoms with Gasteiger partial charge in [0.25, 0.3) is 5.91 Å². The minimum Gasteiger partial charge on any atom is -0.355 e. The molecule has 9 nitrogen and oxygen atoms in total. The second kappa shape index (κ2) is 9.96. The predicted molar refractivity (Wildman–Crippen MR) is 144 cm³/mol. The summed E-state index contributed by atoms with van der Waals surface area (Å²) in [6.07, 6.45) is 3.21. The van der Waals surface area contributed by atoms with Gasteiger partial charge in [0, 0.05) is 45.5 Å². The highest BCUT2D eigenvalue weighted by molar-refractivity contribution is 7.93. The fourth-order valence-corrected chi connectivity index (χ4v) is 7.42. The van der Waals surface area contributed by atoms with Gasteiger partial charge >= 0.3 is 0 Å². The van der Waals surface area contributed by atoms with Gasteiger partial charge in [0.05, 0.1) is 22.9 Å². The van der Waals surface area contributed by atoms with Gasteiger partial charge in [0.2, 0.25) is 15.9 Å². The molecule has 0 bridgehead atoms. The number of carbonyl (C=O) groups is 2. The number of amides is 2. The Balaban J connectivity index is 1.42. The Bertz CT molecular complexity index is 1320. The van der Waals surface area contributed by atoms with E-state index in [0.717, 1.165) is 28.9 Å². The Morgan fingerprint density at radius 2 is 1.86 bits per heavy atom. The van der Waals surface area contributed by atoms with Crippen LogP contribution in [0.4, 0.5) is 11.5 Å². The average molecular weight is 526 g/mol. The van der Waals surface area contributed by atoms with E-state index in [1.807, 2.05) is 26.1 Å². The number of pyridine rings is 1. The van der Waals surface area contributed by atoms with Gasteiger partial charge in [-0.1, -0.05) is 25.5 Å². The third-order valence-electron chi connectivity index (χ3n) is 7.85. The molecule has 4 heterocycles. The van der Waals surface area contributed by atoms with E-state index in [0.29, 0.717) is 56.9 Å². The standard InChI is InChI=1S/C27H35N5O4S/c1-4-20-17-29-26(33)24(20)21-6-7-22(23(15-21)32-8-5-13-37(32,35)36)27(34)31-11-9-30(10-12-31)25-19(3)14-18(2)16-28-25/h6-7,14-16,20,24H,4-5,8-13,17H2,1-3H3,(H,29,33)/t20?,24-/m1/s1. The number of anilines is 2. The molecule has 0 aliphatic carbocycles. The number of aryl methyl sites for hydroxylation is 2. The van der Waals surface area contributed by atoms with Crippen molar-refractivity contribution in [3.8, 4) is 0 Å². The summed E-state index contributed by atoms with van der Waals surface area (Å²) in [5.41, 5.74) is 3.76. The van der Waals surface area contributed by atoms with Crippen molar-refractivity contribution in [2.24, 2.45) is 5.92 Å². The van der Waals surface area contributed by atoms with Crippen LogP contribution in [0.3, 0.4) is 0 Å². The maximum Gasteiger partial charge on any atom is 0.256 e. The molecule has 3 saturated heterocycles. The van der Waals surface area contributed by atoms with Crippen LogP contribution in [0, 0.1) is 19.8 Å². The van der Waals surface area contributed by atoms with E-state index in [1.165, 1.54) is 4.31 Å². The summed E-state index contributed by atoms with van der Waals surface area (Å²) in [5.74, 6) is 0.577. The van der Waals surface area contributed by atoms with E-state index in [-0.39, 0.29) is 29.4 Å². The number of nitrogens with one attached hydrogen (secondary N) is 1. The Morgan fingerprint density at radius 1 is 1.11 bits per heavy atom. The Labute approximate surface area is 218 Å². The molecule has 0 saturated carbocycles. The number of hydrogen-bond acceptors (Lipinski definition) is 6. The average Bonchev–Trinajstić information content (AvgIpc) is 3.44. The van der Waals surface area contributed by atoms with Crippen LogP contribution < -0.4 is 14.5 Å². The van der Waals surface area contributed by atoms with E-state index < -0.39 is 10.0 Å². The van der Waals surface area contributed by atoms with Crippen molar-refractivity contribution in [3.63, 3.8) is 0 Å². The van der Waals surface area contributed by atoms with E-state index in [1.54, 1.807) is 17.0 Å². The zero-order valence-corrected chi connectivity index (χ0v) is 22.6. The number of benzene rings is 1. The number of rotatable bonds is 5. The summed E-state index contributed by atoms with van der Waals surface area (Å²) in [5, 5.41) is 2.93. The van der Waals surface area contributed by atoms with E-state index >= 15 is 0 Å². The maximum absolute atomic E-state index is 13.8. The lowest BCUT2D eigenvalue weighted by Gasteiger charge is -2.36. The summed E-state index contributed by atoms with van der Waals surface area (Å²) < 4.78 is 27.2. The normalized spacial score (nSPS) is 23.4. The minimum absolute atomic E-state index is 0.0442. The number of hydrogen-bond donors (Lipinski definition) is 1. The van der Waals surface area contributed by atoms with Gasteiger partial charge in [-0.05, 0) is 55.0 Å². The summed E-state index contributed by atoms with van der Waals surface area (Å²) in [6.45, 7) is 9.40. The molecule has 10 heteroatoms. The highest BCUT2D eigenvalue weighted by atomic mass is 32.2. The molecule has 3 aliphatic rings. The molecule has 0 spiro atoms. The van der Waals surface area contributed by atoms with Crippen LogP contribution in [-0.2, 0) is 14.8 Å². The van der Waals surface area contributed by atoms with Crippen LogP contribution in [0.2, 0.25) is 0 Å². The number of nitrogens with zero attached hydrogens (tertiary/aromatic N) is 4. The minimum atomic E-state index is -3.51. The molecule has 2 amide bonds. The second-order valence-corrected chi connectivity index (χ2v) is 12.4. The Morgan fingerprint density at radius 3 is 2.51 bits per heavy atom. The van der Waals surface area contributed by atoms with Crippen LogP contribution in [0.1, 0.15) is 52.7 Å². The van der Waals surface area contributed by atoms with Gasteiger partial charge in [-0.3, -0.25) is 13.9 Å². The van der Waals surface area contributed by atoms with Gasteiger partial charge in [-0.25, -0.2) is 13.4 Å². The van der Waals surface area contributed by atoms with Gasteiger partial charge in [0.1, 0.15) is 5.82 Å². The lowest BCUT2D eigenvalue weighted by molar-refractivity contribution is -0.120. The largest absolute Gasteiger partial charge is 0.355 e. The van der Waals surface area contributed by atoms with Crippen molar-refractivity contribution in [2.75, 3.05) is 54.2 Å². The van der Waals surface area contributed by atoms with Crippen LogP contribution in [-0.4, -0.2) is 75.1 Å². The Hall–Kier alpha value is -3.14. The molecule has 0 radical (unpaired) electrons. The summed E-state index contributed by atoms with van der Waals surface area (Å²) in [4.78, 5) is 35.0. The van der Waals surface area contributed by atoms with Crippen molar-refractivity contribution in [2.45, 2.75) is 39.5 Å². The quantitative estimate of drug-likeness (QED) is 0.643. The molecule has 1 aromatic carbocycles. The molecular formula is C27H35N5O4S. The molecule has 37 heavy (non-hydrogen) atoms. The molecule has 2 atom stereocenters. The third kappa shape index (κ3) is 4.79. The first kappa shape index (κ1) is 25.5. The second-order valence-electron chi connectivity index (χ2n) is 10.3. The highest BCUT2D eigenvalue weighted by Crippen LogP contribution is 2.37. The summed E-state index contributed by atoms with van der Waals surface area (Å²) >= 11 is 0. The van der Waals surface area contributed by atoms with Crippen molar-refractivity contribution in [1.82, 2.24) is 15.2 Å². The summed E-state index contributed by atoms with van der Waals surface area (Å²) in [6, 6.07) is 7.42. The van der Waals surface area contributed by atoms with Crippen molar-refractivity contribution in [1.29, 1.82) is 0 Å². The molecule has 1 aromatic heterocycles. The first-order valence-corrected chi connectivity index (χ1v) is 14.7. The van der Waals surface area contributed by atoms with Crippen LogP contribution in [0.15, 0.2) is 30.5 Å². The monoisotopic (exact) mass is 525 g/mol. The fraction of sp³-hybridized carbons (Fsp3) is 0.519. The molecule has 198 valence electrons. The van der Waals surface area contributed by atoms with Crippen LogP contribution in [0.25, 0.3) is 0 Å². The molecule has 1 unspecified atom stereocenters. The zero-order chi connectivity index (χ0) is 26.3. The first-order chi connectivity index (χ1) is 17.7. The van der Waals surface area contributed by atoms with Crippen molar-refractivity contribution < 1.29 is 18.0 Å². The van der Waals surface area contributed by atoms with Crippen LogP contribution >= 0.6 is 0 Å². The summed E-state index contributed by atoms with van der Waals surface area (Å²) in [7, 11) is -3.51. The smallest absolute Gasteiger partial charge is 0.256 e. The molecule has 3 aliphatic heterocycles. The van der Waals surface area contributed by atoms with E-state index in [2.05, 4.69) is 28.2 Å². The maximum atomic E-state index is 13.8. The molecule has 3 fully saturated rings. The third-order valence-corrected chi connectivity index (χ3v) is 9.71. The highest BCUT2D eigenvalue weighted by Gasteiger charge is 2.38. The predicted octanol–water partition coefficient (Wildman–Crippen LogP) is 2.44. The van der Waals surface area contributed by atoms with Crippen molar-refractivity contribution in [3.05, 3.63) is 52.7 Å². The molecular weight excluding hydrogens is 490 g/mol. The number of piperazine rings is 1. The van der Waals surface area contributed by atoms with E-state index in [9.17, 15) is 18.0 Å². The topological polar surface area (TPSA) is 103 Å². The van der Waals surface area contributed by atoms with Gasteiger partial charge in [-0.15, -0.1) is 0 Å². The fourth-order valence-electron chi connectivity index (χ4n) is 5.85. The molecule has 5 rings (SSSR count). The number of carbonyl (C=O) groups excluding carboxylic acids is 2. The zero-order valence-electron chi connectivity index (χ0n) is 21.7. The van der Waals surface area contributed by atoms with E-state index in [4.69, 9.17) is 0 Å². The number of sulfonamides is 1. The number of aromatic nitrogens is 1.